The number of nitrogens with two attached hydrogens (primary N) is 1. The third-order valence-electron chi connectivity index (χ3n) is 2.97. The van der Waals surface area contributed by atoms with Crippen LogP contribution in [0.1, 0.15) is 28.6 Å². The number of aromatic nitrogens is 1. The van der Waals surface area contributed by atoms with Crippen LogP contribution in [0, 0.1) is 25.5 Å². The molecule has 0 aliphatic rings. The highest BCUT2D eigenvalue weighted by Gasteiger charge is 2.23. The Bertz CT molecular complexity index is 626. The Morgan fingerprint density at radius 1 is 1.20 bits per heavy atom. The summed E-state index contributed by atoms with van der Waals surface area (Å²) in [5, 5.41) is 0. The average Bonchev–Trinajstić information content (AvgIpc) is 2.38. The van der Waals surface area contributed by atoms with Gasteiger partial charge in [-0.1, -0.05) is 0 Å². The highest BCUT2D eigenvalue weighted by Crippen LogP contribution is 2.30. The largest absolute Gasteiger partial charge is 0.271 e. The lowest BCUT2D eigenvalue weighted by Crippen LogP contribution is -2.30. The van der Waals surface area contributed by atoms with E-state index >= 15 is 0 Å². The summed E-state index contributed by atoms with van der Waals surface area (Å²) in [6.45, 7) is 3.63. The van der Waals surface area contributed by atoms with Crippen LogP contribution in [0.2, 0.25) is 0 Å². The fourth-order valence-electron chi connectivity index (χ4n) is 2.19. The number of rotatable bonds is 3. The summed E-state index contributed by atoms with van der Waals surface area (Å²) in [6, 6.07) is 5.24. The molecule has 0 saturated carbocycles. The van der Waals surface area contributed by atoms with Crippen molar-refractivity contribution in [2.75, 3.05) is 0 Å². The van der Waals surface area contributed by atoms with Crippen LogP contribution in [0.25, 0.3) is 0 Å². The summed E-state index contributed by atoms with van der Waals surface area (Å²) in [5.41, 5.74) is 4.53. The van der Waals surface area contributed by atoms with Gasteiger partial charge in [-0.05, 0) is 59.6 Å². The van der Waals surface area contributed by atoms with Gasteiger partial charge < -0.3 is 0 Å². The zero-order valence-corrected chi connectivity index (χ0v) is 12.6. The standard InChI is InChI=1S/C14H14BrF2N3/c1-7-5-9(6-8(2)19-7)14(20-18)12-11(16)4-3-10(15)13(12)17/h3-6,14,20H,18H2,1-2H3. The first-order valence-electron chi connectivity index (χ1n) is 5.98. The third-order valence-corrected chi connectivity index (χ3v) is 3.58. The maximum Gasteiger partial charge on any atom is 0.145 e. The van der Waals surface area contributed by atoms with Crippen molar-refractivity contribution >= 4 is 15.9 Å². The normalized spacial score (nSPS) is 12.5. The Morgan fingerprint density at radius 2 is 1.80 bits per heavy atom. The van der Waals surface area contributed by atoms with Crippen LogP contribution in [0.4, 0.5) is 8.78 Å². The van der Waals surface area contributed by atoms with Crippen LogP contribution in [-0.4, -0.2) is 4.98 Å². The van der Waals surface area contributed by atoms with Gasteiger partial charge in [0.1, 0.15) is 11.6 Å². The van der Waals surface area contributed by atoms with Gasteiger partial charge in [0.2, 0.25) is 0 Å². The molecule has 3 nitrogen and oxygen atoms in total. The van der Waals surface area contributed by atoms with Gasteiger partial charge in [0, 0.05) is 17.0 Å². The molecule has 0 spiro atoms. The lowest BCUT2D eigenvalue weighted by atomic mass is 9.97. The van der Waals surface area contributed by atoms with Crippen LogP contribution in [0.5, 0.6) is 0 Å². The first-order chi connectivity index (χ1) is 9.43. The van der Waals surface area contributed by atoms with Gasteiger partial charge in [0.25, 0.3) is 0 Å². The Hall–Kier alpha value is -1.37. The molecule has 0 fully saturated rings. The Kier molecular flexibility index (Phi) is 4.47. The van der Waals surface area contributed by atoms with Gasteiger partial charge >= 0.3 is 0 Å². The molecule has 1 heterocycles. The number of aryl methyl sites for hydroxylation is 2. The van der Waals surface area contributed by atoms with Gasteiger partial charge in [0.05, 0.1) is 10.5 Å². The minimum absolute atomic E-state index is 0.119. The van der Waals surface area contributed by atoms with Crippen LogP contribution in [0.15, 0.2) is 28.7 Å². The SMILES string of the molecule is Cc1cc(C(NN)c2c(F)ccc(Br)c2F)cc(C)n1. The molecule has 0 aliphatic heterocycles. The first kappa shape index (κ1) is 15.0. The number of halogens is 3. The molecule has 0 radical (unpaired) electrons. The van der Waals surface area contributed by atoms with E-state index in [0.717, 1.165) is 11.4 Å². The first-order valence-corrected chi connectivity index (χ1v) is 6.78. The number of benzene rings is 1. The van der Waals surface area contributed by atoms with Crippen molar-refractivity contribution in [2.45, 2.75) is 19.9 Å². The van der Waals surface area contributed by atoms with Crippen LogP contribution < -0.4 is 11.3 Å². The van der Waals surface area contributed by atoms with Gasteiger partial charge in [-0.2, -0.15) is 0 Å². The second kappa shape index (κ2) is 5.95. The van der Waals surface area contributed by atoms with Crippen LogP contribution in [-0.2, 0) is 0 Å². The Morgan fingerprint density at radius 3 is 2.35 bits per heavy atom. The molecule has 1 atom stereocenters. The lowest BCUT2D eigenvalue weighted by molar-refractivity contribution is 0.507. The van der Waals surface area contributed by atoms with Crippen molar-refractivity contribution < 1.29 is 8.78 Å². The monoisotopic (exact) mass is 341 g/mol. The molecule has 20 heavy (non-hydrogen) atoms. The molecule has 1 unspecified atom stereocenters. The fourth-order valence-corrected chi connectivity index (χ4v) is 2.53. The van der Waals surface area contributed by atoms with Crippen molar-refractivity contribution in [3.05, 3.63) is 62.9 Å². The Balaban J connectivity index is 2.61. The van der Waals surface area contributed by atoms with E-state index in [0.29, 0.717) is 5.56 Å². The van der Waals surface area contributed by atoms with Crippen molar-refractivity contribution in [3.63, 3.8) is 0 Å². The van der Waals surface area contributed by atoms with Gasteiger partial charge in [-0.25, -0.2) is 14.2 Å². The van der Waals surface area contributed by atoms with Gasteiger partial charge in [-0.15, -0.1) is 0 Å². The van der Waals surface area contributed by atoms with E-state index in [9.17, 15) is 8.78 Å². The molecule has 0 bridgehead atoms. The van der Waals surface area contributed by atoms with E-state index in [-0.39, 0.29) is 10.0 Å². The number of hydrogen-bond donors (Lipinski definition) is 2. The smallest absolute Gasteiger partial charge is 0.145 e. The second-order valence-corrected chi connectivity index (χ2v) is 5.39. The maximum absolute atomic E-state index is 14.2. The van der Waals surface area contributed by atoms with Crippen molar-refractivity contribution in [1.82, 2.24) is 10.4 Å². The predicted molar refractivity (Wildman–Crippen MR) is 76.9 cm³/mol. The molecular formula is C14H14BrF2N3. The molecule has 0 saturated heterocycles. The number of hydrazine groups is 1. The summed E-state index contributed by atoms with van der Waals surface area (Å²) in [5.74, 6) is 4.19. The molecule has 2 rings (SSSR count). The number of nitrogens with one attached hydrogen (secondary N) is 1. The summed E-state index contributed by atoms with van der Waals surface area (Å²) in [4.78, 5) is 4.24. The number of nitrogens with zero attached hydrogens (tertiary/aromatic N) is 1. The second-order valence-electron chi connectivity index (χ2n) is 4.54. The molecule has 2 aromatic rings. The molecule has 1 aromatic heterocycles. The summed E-state index contributed by atoms with van der Waals surface area (Å²) in [6.07, 6.45) is 0. The average molecular weight is 342 g/mol. The van der Waals surface area contributed by atoms with Gasteiger partial charge in [-0.3, -0.25) is 10.8 Å². The van der Waals surface area contributed by atoms with Crippen molar-refractivity contribution in [2.24, 2.45) is 5.84 Å². The molecule has 0 amide bonds. The topological polar surface area (TPSA) is 50.9 Å². The van der Waals surface area contributed by atoms with Gasteiger partial charge in [0.15, 0.2) is 0 Å². The zero-order chi connectivity index (χ0) is 14.9. The van der Waals surface area contributed by atoms with Crippen molar-refractivity contribution in [3.8, 4) is 0 Å². The van der Waals surface area contributed by atoms with E-state index in [1.54, 1.807) is 12.1 Å². The molecule has 0 aliphatic carbocycles. The molecule has 1 aromatic carbocycles. The lowest BCUT2D eigenvalue weighted by Gasteiger charge is -2.19. The van der Waals surface area contributed by atoms with Crippen LogP contribution >= 0.6 is 15.9 Å². The number of hydrogen-bond acceptors (Lipinski definition) is 3. The highest BCUT2D eigenvalue weighted by molar-refractivity contribution is 9.10. The minimum Gasteiger partial charge on any atom is -0.271 e. The van der Waals surface area contributed by atoms with Crippen molar-refractivity contribution in [1.29, 1.82) is 0 Å². The summed E-state index contributed by atoms with van der Waals surface area (Å²) < 4.78 is 28.4. The summed E-state index contributed by atoms with van der Waals surface area (Å²) >= 11 is 3.06. The third kappa shape index (κ3) is 2.87. The molecule has 3 N–H and O–H groups in total. The molecular weight excluding hydrogens is 328 g/mol. The Labute approximate surface area is 124 Å². The fraction of sp³-hybridized carbons (Fsp3) is 0.214. The minimum atomic E-state index is -0.784. The highest BCUT2D eigenvalue weighted by atomic mass is 79.9. The van der Waals surface area contributed by atoms with Crippen LogP contribution in [0.3, 0.4) is 0 Å². The van der Waals surface area contributed by atoms with E-state index in [1.807, 2.05) is 13.8 Å². The van der Waals surface area contributed by atoms with E-state index in [2.05, 4.69) is 26.3 Å². The van der Waals surface area contributed by atoms with E-state index < -0.39 is 17.7 Å². The molecule has 6 heteroatoms. The zero-order valence-electron chi connectivity index (χ0n) is 11.0. The maximum atomic E-state index is 14.2. The van der Waals surface area contributed by atoms with E-state index in [4.69, 9.17) is 5.84 Å². The quantitative estimate of drug-likeness (QED) is 0.511. The number of pyridine rings is 1. The summed E-state index contributed by atoms with van der Waals surface area (Å²) in [7, 11) is 0. The predicted octanol–water partition coefficient (Wildman–Crippen LogP) is 3.29. The van der Waals surface area contributed by atoms with E-state index in [1.165, 1.54) is 12.1 Å². The molecule has 106 valence electrons.